The summed E-state index contributed by atoms with van der Waals surface area (Å²) in [7, 11) is 32.6. The lowest BCUT2D eigenvalue weighted by atomic mass is 9.26. The van der Waals surface area contributed by atoms with Crippen LogP contribution in [0.1, 0.15) is 50.0 Å². The van der Waals surface area contributed by atoms with Crippen LogP contribution in [0.3, 0.4) is 0 Å². The van der Waals surface area contributed by atoms with Crippen LogP contribution in [0.5, 0.6) is 5.75 Å². The van der Waals surface area contributed by atoms with Crippen LogP contribution < -0.4 is 15.8 Å². The Morgan fingerprint density at radius 3 is 2.66 bits per heavy atom. The van der Waals surface area contributed by atoms with Crippen molar-refractivity contribution in [3.63, 3.8) is 0 Å². The van der Waals surface area contributed by atoms with Gasteiger partial charge in [0.1, 0.15) is 18.0 Å². The van der Waals surface area contributed by atoms with Crippen LogP contribution in [0.2, 0.25) is 10.3 Å². The molecule has 3 aromatic heterocycles. The van der Waals surface area contributed by atoms with Crippen LogP contribution in [0.25, 0.3) is 22.5 Å². The number of benzene rings is 1. The normalized spacial score (nSPS) is 15.9. The van der Waals surface area contributed by atoms with E-state index < -0.39 is 34.4 Å². The zero-order valence-corrected chi connectivity index (χ0v) is 27.3. The number of carbonyl (C=O) groups is 1. The number of esters is 1. The summed E-state index contributed by atoms with van der Waals surface area (Å²) in [6, 6.07) is 5.22. The monoisotopic (exact) mass is 645 g/mol. The molecule has 0 fully saturated rings. The summed E-state index contributed by atoms with van der Waals surface area (Å²) in [6.45, 7) is 5.30. The molecule has 0 aliphatic carbocycles. The summed E-state index contributed by atoms with van der Waals surface area (Å²) >= 11 is 6.76. The van der Waals surface area contributed by atoms with Gasteiger partial charge in [-0.3, -0.25) is 14.2 Å². The molecule has 10 nitrogen and oxygen atoms in total. The highest BCUT2D eigenvalue weighted by Crippen LogP contribution is 2.43. The zero-order valence-electron chi connectivity index (χ0n) is 26.5. The molecule has 17 heteroatoms. The molecular weight excluding hydrogens is 615 g/mol. The van der Waals surface area contributed by atoms with Crippen molar-refractivity contribution in [1.82, 2.24) is 24.5 Å². The molecule has 1 aliphatic rings. The fraction of sp³-hybridized carbons (Fsp3) is 0.400. The van der Waals surface area contributed by atoms with E-state index in [1.807, 2.05) is 20.0 Å². The number of nitrogens with two attached hydrogens (primary N) is 1. The van der Waals surface area contributed by atoms with E-state index in [-0.39, 0.29) is 35.8 Å². The third-order valence-electron chi connectivity index (χ3n) is 8.37. The Morgan fingerprint density at radius 1 is 1.26 bits per heavy atom. The number of nitrogens with zero attached hydrogens (tertiary/aromatic N) is 5. The first-order valence-electron chi connectivity index (χ1n) is 14.9. The molecule has 2 bridgehead atoms. The van der Waals surface area contributed by atoms with E-state index in [1.165, 1.54) is 18.3 Å². The Hall–Kier alpha value is -3.64. The number of pyridine rings is 1. The van der Waals surface area contributed by atoms with Crippen molar-refractivity contribution >= 4 is 62.6 Å². The molecule has 0 amide bonds. The van der Waals surface area contributed by atoms with Gasteiger partial charge in [-0.05, 0) is 42.4 Å². The van der Waals surface area contributed by atoms with E-state index in [4.69, 9.17) is 71.1 Å². The van der Waals surface area contributed by atoms with Gasteiger partial charge in [0.15, 0.2) is 23.5 Å². The Balaban J connectivity index is 1.69. The maximum absolute atomic E-state index is 14.7. The lowest BCUT2D eigenvalue weighted by Crippen LogP contribution is -2.49. The number of nitrogens with one attached hydrogen (secondary N) is 1. The van der Waals surface area contributed by atoms with Crippen molar-refractivity contribution in [2.45, 2.75) is 56.2 Å². The van der Waals surface area contributed by atoms with Crippen molar-refractivity contribution in [3.05, 3.63) is 64.3 Å². The number of anilines is 1. The largest absolute Gasteiger partial charge is 0.482 e. The highest BCUT2D eigenvalue weighted by molar-refractivity contribution is 6.66. The minimum absolute atomic E-state index is 0.0401. The smallest absolute Gasteiger partial charge is 0.324 e. The molecule has 1 aliphatic heterocycles. The molecule has 4 heterocycles. The van der Waals surface area contributed by atoms with Crippen LogP contribution in [-0.4, -0.2) is 82.5 Å². The number of aryl methyl sites for hydroxylation is 1. The van der Waals surface area contributed by atoms with Crippen molar-refractivity contribution in [1.29, 1.82) is 0 Å². The summed E-state index contributed by atoms with van der Waals surface area (Å²) in [5, 5.41) is 7.83. The number of carbonyl (C=O) groups excluding carboxylic acids is 1. The topological polar surface area (TPSA) is 122 Å². The predicted molar refractivity (Wildman–Crippen MR) is 182 cm³/mol. The number of ether oxygens (including phenoxy) is 2. The second-order valence-corrected chi connectivity index (χ2v) is 12.3. The van der Waals surface area contributed by atoms with Crippen LogP contribution >= 0.6 is 11.6 Å². The Morgan fingerprint density at radius 2 is 1.98 bits per heavy atom. The maximum atomic E-state index is 14.7. The minimum Gasteiger partial charge on any atom is -0.482 e. The van der Waals surface area contributed by atoms with Crippen molar-refractivity contribution in [2.75, 3.05) is 12.0 Å². The first-order chi connectivity index (χ1) is 22.0. The molecule has 2 unspecified atom stereocenters. The second-order valence-electron chi connectivity index (χ2n) is 11.9. The fourth-order valence-electron chi connectivity index (χ4n) is 5.31. The van der Waals surface area contributed by atoms with Crippen LogP contribution in [0, 0.1) is 11.7 Å². The third-order valence-corrected chi connectivity index (χ3v) is 8.67. The molecule has 47 heavy (non-hydrogen) atoms. The van der Waals surface area contributed by atoms with Gasteiger partial charge >= 0.3 is 5.97 Å². The number of aromatic nitrogens is 5. The van der Waals surface area contributed by atoms with E-state index >= 15 is 0 Å². The summed E-state index contributed by atoms with van der Waals surface area (Å²) < 4.78 is 29.3. The van der Waals surface area contributed by atoms with Gasteiger partial charge in [-0.1, -0.05) is 31.9 Å². The van der Waals surface area contributed by atoms with Gasteiger partial charge < -0.3 is 20.5 Å². The van der Waals surface area contributed by atoms with Gasteiger partial charge in [-0.2, -0.15) is 10.2 Å². The Bertz CT molecular complexity index is 1810. The molecule has 0 spiro atoms. The first-order valence-corrected chi connectivity index (χ1v) is 15.3. The predicted octanol–water partition coefficient (Wildman–Crippen LogP) is 2.99. The lowest BCUT2D eigenvalue weighted by molar-refractivity contribution is -0.145. The van der Waals surface area contributed by atoms with Gasteiger partial charge in [-0.15, -0.1) is 5.11 Å². The summed E-state index contributed by atoms with van der Waals surface area (Å²) in [5.74, 6) is -0.702. The number of hydrogen-bond acceptors (Lipinski definition) is 8. The minimum atomic E-state index is -2.15. The van der Waals surface area contributed by atoms with Crippen LogP contribution in [0.4, 0.5) is 10.2 Å². The molecule has 3 atom stereocenters. The molecule has 5 rings (SSSR count). The number of rotatable bonds is 8. The average molecular weight is 645 g/mol. The van der Waals surface area contributed by atoms with Gasteiger partial charge in [0.05, 0.1) is 50.6 Å². The van der Waals surface area contributed by atoms with E-state index in [1.54, 1.807) is 30.8 Å². The molecule has 0 saturated heterocycles. The van der Waals surface area contributed by atoms with E-state index in [0.717, 1.165) is 10.2 Å². The van der Waals surface area contributed by atoms with E-state index in [0.29, 0.717) is 40.1 Å². The van der Waals surface area contributed by atoms with Crippen LogP contribution in [-0.2, 0) is 28.3 Å². The van der Waals surface area contributed by atoms with Crippen LogP contribution in [0.15, 0.2) is 36.7 Å². The Kier molecular flexibility index (Phi) is 9.68. The number of halogens is 2. The summed E-state index contributed by atoms with van der Waals surface area (Å²) in [5.41, 5.74) is 9.66. The summed E-state index contributed by atoms with van der Waals surface area (Å²) in [4.78, 5) is 17.1. The van der Waals surface area contributed by atoms with Gasteiger partial charge in [-0.25, -0.2) is 9.37 Å². The molecule has 3 N–H and O–H groups in total. The maximum Gasteiger partial charge on any atom is 0.324 e. The quantitative estimate of drug-likeness (QED) is 0.171. The number of fused-ring (bicyclic) bond motifs is 7. The van der Waals surface area contributed by atoms with Gasteiger partial charge in [0.25, 0.3) is 0 Å². The third kappa shape index (κ3) is 6.72. The van der Waals surface area contributed by atoms with E-state index in [2.05, 4.69) is 15.4 Å². The highest BCUT2D eigenvalue weighted by Gasteiger charge is 2.37. The van der Waals surface area contributed by atoms with Crippen molar-refractivity contribution < 1.29 is 18.7 Å². The first kappa shape index (κ1) is 34.7. The van der Waals surface area contributed by atoms with Crippen molar-refractivity contribution in [2.24, 2.45) is 18.7 Å². The average Bonchev–Trinajstić information content (AvgIpc) is 3.54. The Labute approximate surface area is 284 Å². The molecular formula is C30H30B5ClFN7O3. The van der Waals surface area contributed by atoms with Gasteiger partial charge in [0.2, 0.25) is 0 Å². The second kappa shape index (κ2) is 13.1. The van der Waals surface area contributed by atoms with E-state index in [9.17, 15) is 9.18 Å². The van der Waals surface area contributed by atoms with Gasteiger partial charge in [0, 0.05) is 53.7 Å². The SMILES string of the molecule is [B]C([B])([B])C([B])([B])n1nc(Cl)c2c1-c1cnc(NCOC(=O)C(N)C(C)CC)c(c1)O[C@H](C)c1cc(F)ccc1-c1nn(C)cc1C2. The molecule has 232 valence electrons. The molecule has 4 aromatic rings. The summed E-state index contributed by atoms with van der Waals surface area (Å²) in [6.07, 6.45) is 3.48. The fourth-order valence-corrected chi connectivity index (χ4v) is 5.54. The molecule has 10 radical (unpaired) electrons. The molecule has 1 aromatic carbocycles. The zero-order chi connectivity index (χ0) is 34.4. The highest BCUT2D eigenvalue weighted by atomic mass is 35.5. The standard InChI is InChI=1S/C30H30B5ClFN7O3/c1-5-14(2)23(38)28(45)46-13-40-27-22-9-16(11-39-27)25-21(26(36)42-44(25)30(34,35)29(31,32)33)8-17-12-43(4)41-24(17)19-7-6-18(37)10-20(19)15(3)47-22/h6-7,9-12,14-15,23H,5,8,13,38H2,1-4H3,(H,39,40)/t14?,15-,23?/m1/s1. The van der Waals surface area contributed by atoms with Crippen molar-refractivity contribution in [3.8, 4) is 28.3 Å². The lowest BCUT2D eigenvalue weighted by Gasteiger charge is -2.43. The molecule has 0 saturated carbocycles. The number of hydrogen-bond donors (Lipinski definition) is 2.